The van der Waals surface area contributed by atoms with E-state index < -0.39 is 5.66 Å². The molecule has 8 aromatic rings. The lowest BCUT2D eigenvalue weighted by Gasteiger charge is -2.37. The molecule has 0 radical (unpaired) electrons. The van der Waals surface area contributed by atoms with Crippen molar-refractivity contribution in [2.75, 3.05) is 0 Å². The molecule has 1 atom stereocenters. The Kier molecular flexibility index (Phi) is 2.64. The van der Waals surface area contributed by atoms with Gasteiger partial charge in [0.05, 0.1) is 28.2 Å². The minimum atomic E-state index is -0.603. The summed E-state index contributed by atoms with van der Waals surface area (Å²) >= 11 is 0. The summed E-state index contributed by atoms with van der Waals surface area (Å²) < 4.78 is 16.8. The van der Waals surface area contributed by atoms with E-state index in [1.807, 2.05) is 0 Å². The average molecular weight is 511 g/mol. The molecule has 0 amide bonds. The predicted octanol–water partition coefficient (Wildman–Crippen LogP) is 6.47. The summed E-state index contributed by atoms with van der Waals surface area (Å²) in [6.45, 7) is 0. The molecule has 0 bridgehead atoms. The predicted molar refractivity (Wildman–Crippen MR) is 153 cm³/mol. The highest BCUT2D eigenvalue weighted by Gasteiger charge is 2.71. The third kappa shape index (κ3) is 1.60. The number of benzene rings is 4. The van der Waals surface area contributed by atoms with Crippen LogP contribution in [0, 0.1) is 0 Å². The molecule has 0 aliphatic carbocycles. The first-order valence-electron chi connectivity index (χ1n) is 13.8. The summed E-state index contributed by atoms with van der Waals surface area (Å²) in [4.78, 5) is 0. The number of para-hydroxylation sites is 2. The van der Waals surface area contributed by atoms with Crippen LogP contribution in [0.25, 0.3) is 66.5 Å². The monoisotopic (exact) mass is 510 g/mol. The molecule has 12 rings (SSSR count). The van der Waals surface area contributed by atoms with Crippen LogP contribution in [0.5, 0.6) is 11.6 Å². The molecule has 182 valence electrons. The van der Waals surface area contributed by atoms with E-state index in [-0.39, 0.29) is 0 Å². The number of nitrogens with zero attached hydrogens (tertiary/aromatic N) is 4. The van der Waals surface area contributed by atoms with Gasteiger partial charge in [0, 0.05) is 22.2 Å². The Balaban J connectivity index is 1.51. The fourth-order valence-electron chi connectivity index (χ4n) is 8.61. The molecule has 8 heterocycles. The van der Waals surface area contributed by atoms with Crippen molar-refractivity contribution in [2.45, 2.75) is 5.66 Å². The van der Waals surface area contributed by atoms with Gasteiger partial charge in [0.2, 0.25) is 5.69 Å². The molecular formula is C35H18N4O+2. The van der Waals surface area contributed by atoms with Gasteiger partial charge in [0.1, 0.15) is 16.6 Å². The first kappa shape index (κ1) is 18.8. The van der Waals surface area contributed by atoms with Crippen LogP contribution in [0.3, 0.4) is 0 Å². The van der Waals surface area contributed by atoms with Crippen LogP contribution in [-0.2, 0) is 5.66 Å². The van der Waals surface area contributed by atoms with Crippen molar-refractivity contribution in [3.05, 3.63) is 120 Å². The number of fused-ring (bicyclic) bond motifs is 9. The molecule has 4 aliphatic heterocycles. The highest BCUT2D eigenvalue weighted by atomic mass is 16.5. The van der Waals surface area contributed by atoms with Crippen molar-refractivity contribution in [3.8, 4) is 34.4 Å². The molecule has 4 aromatic heterocycles. The van der Waals surface area contributed by atoms with Crippen LogP contribution in [0.4, 0.5) is 0 Å². The Morgan fingerprint density at radius 3 is 2.15 bits per heavy atom. The van der Waals surface area contributed by atoms with E-state index >= 15 is 0 Å². The summed E-state index contributed by atoms with van der Waals surface area (Å²) in [7, 11) is 0. The SMILES string of the molecule is c1cc2c3c(c1)-n1c4ccccc4c4ccc5c(c41)C31[n+]3c(cccc3-c3ccc4c6ccccc6n-5c4[n+]31)O2. The molecule has 5 heteroatoms. The first-order valence-corrected chi connectivity index (χ1v) is 13.8. The molecule has 0 N–H and O–H groups in total. The van der Waals surface area contributed by atoms with Crippen LogP contribution >= 0.6 is 0 Å². The van der Waals surface area contributed by atoms with Gasteiger partial charge >= 0.3 is 17.2 Å². The molecule has 4 aliphatic rings. The third-order valence-corrected chi connectivity index (χ3v) is 9.82. The Bertz CT molecular complexity index is 2590. The minimum absolute atomic E-state index is 0.603. The van der Waals surface area contributed by atoms with Crippen molar-refractivity contribution >= 4 is 43.7 Å². The lowest BCUT2D eigenvalue weighted by molar-refractivity contribution is -0.932. The molecule has 1 spiro atoms. The largest absolute Gasteiger partial charge is 0.404 e. The second-order valence-electron chi connectivity index (χ2n) is 11.4. The lowest BCUT2D eigenvalue weighted by Crippen LogP contribution is -2.74. The fraction of sp³-hybridized carbons (Fsp3) is 0.0286. The maximum Gasteiger partial charge on any atom is 0.378 e. The van der Waals surface area contributed by atoms with Crippen LogP contribution in [0.1, 0.15) is 11.1 Å². The quantitative estimate of drug-likeness (QED) is 0.215. The van der Waals surface area contributed by atoms with Gasteiger partial charge in [0.15, 0.2) is 11.4 Å². The molecule has 0 fully saturated rings. The van der Waals surface area contributed by atoms with E-state index in [9.17, 15) is 0 Å². The van der Waals surface area contributed by atoms with Gasteiger partial charge in [-0.25, -0.2) is 0 Å². The van der Waals surface area contributed by atoms with E-state index in [4.69, 9.17) is 4.74 Å². The van der Waals surface area contributed by atoms with Crippen molar-refractivity contribution in [1.29, 1.82) is 0 Å². The summed E-state index contributed by atoms with van der Waals surface area (Å²) in [5, 5.41) is 5.10. The molecule has 40 heavy (non-hydrogen) atoms. The Morgan fingerprint density at radius 2 is 1.25 bits per heavy atom. The third-order valence-electron chi connectivity index (χ3n) is 9.82. The number of hydrogen-bond donors (Lipinski definition) is 0. The van der Waals surface area contributed by atoms with Crippen molar-refractivity contribution < 1.29 is 13.9 Å². The number of hydrogen-bond acceptors (Lipinski definition) is 1. The topological polar surface area (TPSA) is 26.8 Å². The molecule has 0 saturated carbocycles. The highest BCUT2D eigenvalue weighted by Crippen LogP contribution is 2.57. The molecule has 4 aromatic carbocycles. The second-order valence-corrected chi connectivity index (χ2v) is 11.4. The van der Waals surface area contributed by atoms with Gasteiger partial charge in [-0.1, -0.05) is 36.4 Å². The lowest BCUT2D eigenvalue weighted by atomic mass is 9.81. The van der Waals surface area contributed by atoms with E-state index in [1.54, 1.807) is 0 Å². The van der Waals surface area contributed by atoms with Crippen molar-refractivity contribution in [1.82, 2.24) is 9.13 Å². The van der Waals surface area contributed by atoms with Gasteiger partial charge in [-0.15, -0.1) is 9.13 Å². The maximum absolute atomic E-state index is 6.76. The minimum Gasteiger partial charge on any atom is -0.404 e. The zero-order valence-electron chi connectivity index (χ0n) is 21.1. The summed E-state index contributed by atoms with van der Waals surface area (Å²) in [5.74, 6) is 1.79. The number of pyridine rings is 2. The number of ether oxygens (including phenoxy) is 1. The van der Waals surface area contributed by atoms with Crippen LogP contribution in [0.2, 0.25) is 0 Å². The number of aromatic nitrogens is 4. The molecule has 0 saturated heterocycles. The van der Waals surface area contributed by atoms with Gasteiger partial charge in [-0.05, 0) is 60.7 Å². The normalized spacial score (nSPS) is 17.8. The molecule has 1 unspecified atom stereocenters. The standard InChI is InChI=1S/C35H18N4O/c1-3-9-23-19(7-1)21-15-18-28-32-33(21)36(23)27-12-5-13-29-31(27)35(32)38-25(11-6-14-30(38)40-29)26-17-16-22-20-8-2-4-10-24(20)37(28)34(22)39(26)35/h1-18H/q+2. The summed E-state index contributed by atoms with van der Waals surface area (Å²) in [6.07, 6.45) is 0. The Hall–Kier alpha value is -5.42. The van der Waals surface area contributed by atoms with E-state index in [2.05, 4.69) is 127 Å². The van der Waals surface area contributed by atoms with E-state index in [0.717, 1.165) is 11.6 Å². The maximum atomic E-state index is 6.76. The number of rotatable bonds is 0. The van der Waals surface area contributed by atoms with Gasteiger partial charge in [-0.3, -0.25) is 0 Å². The van der Waals surface area contributed by atoms with Crippen LogP contribution < -0.4 is 13.9 Å². The van der Waals surface area contributed by atoms with Gasteiger partial charge in [-0.2, -0.15) is 4.57 Å². The van der Waals surface area contributed by atoms with E-state index in [0.29, 0.717) is 0 Å². The molecule has 5 nitrogen and oxygen atoms in total. The highest BCUT2D eigenvalue weighted by molar-refractivity contribution is 6.14. The van der Waals surface area contributed by atoms with Crippen molar-refractivity contribution in [2.24, 2.45) is 0 Å². The zero-order chi connectivity index (χ0) is 25.5. The van der Waals surface area contributed by atoms with Gasteiger partial charge < -0.3 is 9.30 Å². The zero-order valence-corrected chi connectivity index (χ0v) is 21.1. The van der Waals surface area contributed by atoms with Crippen LogP contribution in [-0.4, -0.2) is 9.13 Å². The van der Waals surface area contributed by atoms with Crippen molar-refractivity contribution in [3.63, 3.8) is 0 Å². The second kappa shape index (κ2) is 5.63. The van der Waals surface area contributed by atoms with E-state index in [1.165, 1.54) is 77.6 Å². The Morgan fingerprint density at radius 1 is 0.525 bits per heavy atom. The van der Waals surface area contributed by atoms with Crippen LogP contribution in [0.15, 0.2) is 109 Å². The Labute approximate surface area is 226 Å². The summed E-state index contributed by atoms with van der Waals surface area (Å²) in [5.41, 5.74) is 11.7. The fourth-order valence-corrected chi connectivity index (χ4v) is 8.61. The first-order chi connectivity index (χ1) is 19.9. The average Bonchev–Trinajstić information content (AvgIpc) is 3.62. The summed E-state index contributed by atoms with van der Waals surface area (Å²) in [6, 6.07) is 40.0. The molecular weight excluding hydrogens is 492 g/mol. The van der Waals surface area contributed by atoms with Gasteiger partial charge in [0.25, 0.3) is 5.69 Å². The smallest absolute Gasteiger partial charge is 0.378 e.